The fourth-order valence-electron chi connectivity index (χ4n) is 1.21. The van der Waals surface area contributed by atoms with Crippen LogP contribution in [0, 0.1) is 0 Å². The lowest BCUT2D eigenvalue weighted by molar-refractivity contribution is -0.515. The van der Waals surface area contributed by atoms with Crippen molar-refractivity contribution in [2.45, 2.75) is 13.8 Å². The summed E-state index contributed by atoms with van der Waals surface area (Å²) < 4.78 is 2.14. The van der Waals surface area contributed by atoms with Gasteiger partial charge in [-0.2, -0.15) is 0 Å². The summed E-state index contributed by atoms with van der Waals surface area (Å²) in [7, 11) is 0. The van der Waals surface area contributed by atoms with Gasteiger partial charge in [-0.25, -0.2) is 4.58 Å². The van der Waals surface area contributed by atoms with E-state index in [-0.39, 0.29) is 0 Å². The summed E-state index contributed by atoms with van der Waals surface area (Å²) in [5.74, 6) is 0. The Labute approximate surface area is 86.4 Å². The lowest BCUT2D eigenvalue weighted by Gasteiger charge is -1.91. The van der Waals surface area contributed by atoms with Crippen LogP contribution in [0.1, 0.15) is 19.4 Å². The highest BCUT2D eigenvalue weighted by Crippen LogP contribution is 1.99. The van der Waals surface area contributed by atoms with Crippen molar-refractivity contribution in [1.29, 1.82) is 0 Å². The Morgan fingerprint density at radius 2 is 1.79 bits per heavy atom. The van der Waals surface area contributed by atoms with Gasteiger partial charge in [0.1, 0.15) is 13.1 Å². The number of benzene rings is 1. The molecular weight excluding hydrogens is 170 g/mol. The van der Waals surface area contributed by atoms with Gasteiger partial charge < -0.3 is 0 Å². The first-order valence-electron chi connectivity index (χ1n) is 5.09. The van der Waals surface area contributed by atoms with E-state index >= 15 is 0 Å². The molecule has 0 aliphatic heterocycles. The zero-order chi connectivity index (χ0) is 10.2. The maximum atomic E-state index is 3.22. The first kappa shape index (κ1) is 10.7. The molecule has 0 saturated heterocycles. The van der Waals surface area contributed by atoms with Crippen LogP contribution in [-0.4, -0.2) is 23.9 Å². The second kappa shape index (κ2) is 6.14. The van der Waals surface area contributed by atoms with Crippen molar-refractivity contribution >= 4 is 12.3 Å². The van der Waals surface area contributed by atoms with E-state index in [1.807, 2.05) is 24.3 Å². The minimum absolute atomic E-state index is 1.01. The van der Waals surface area contributed by atoms with Gasteiger partial charge in [-0.3, -0.25) is 0 Å². The Morgan fingerprint density at radius 3 is 2.36 bits per heavy atom. The van der Waals surface area contributed by atoms with Gasteiger partial charge in [0.25, 0.3) is 6.21 Å². The fraction of sp³-hybridized carbons (Fsp3) is 0.308. The topological polar surface area (TPSA) is 3.01 Å². The molecule has 1 heteroatoms. The van der Waals surface area contributed by atoms with Gasteiger partial charge in [-0.1, -0.05) is 30.3 Å². The molecule has 0 aliphatic rings. The molecule has 0 saturated carbocycles. The molecule has 0 aromatic heterocycles. The van der Waals surface area contributed by atoms with Crippen LogP contribution in [-0.2, 0) is 0 Å². The highest BCUT2D eigenvalue weighted by molar-refractivity contribution is 5.74. The highest BCUT2D eigenvalue weighted by atomic mass is 15.0. The van der Waals surface area contributed by atoms with Crippen molar-refractivity contribution in [2.75, 3.05) is 13.1 Å². The molecular formula is C13H17N+. The number of hydrogen-bond acceptors (Lipinski definition) is 0. The Morgan fingerprint density at radius 1 is 1.14 bits per heavy atom. The second-order valence-electron chi connectivity index (χ2n) is 3.05. The Balaban J connectivity index is 2.61. The lowest BCUT2D eigenvalue weighted by Crippen LogP contribution is -2.10. The van der Waals surface area contributed by atoms with Crippen molar-refractivity contribution in [2.24, 2.45) is 0 Å². The summed E-state index contributed by atoms with van der Waals surface area (Å²) in [4.78, 5) is 0. The molecule has 1 nitrogen and oxygen atoms in total. The molecule has 0 atom stereocenters. The third kappa shape index (κ3) is 3.56. The van der Waals surface area contributed by atoms with Crippen molar-refractivity contribution < 1.29 is 4.58 Å². The van der Waals surface area contributed by atoms with E-state index in [9.17, 15) is 0 Å². The molecule has 0 aliphatic carbocycles. The quantitative estimate of drug-likeness (QED) is 0.503. The van der Waals surface area contributed by atoms with E-state index in [2.05, 4.69) is 42.8 Å². The van der Waals surface area contributed by atoms with Crippen LogP contribution in [0.5, 0.6) is 0 Å². The van der Waals surface area contributed by atoms with Crippen LogP contribution in [0.3, 0.4) is 0 Å². The van der Waals surface area contributed by atoms with Gasteiger partial charge in [0.2, 0.25) is 0 Å². The first-order valence-corrected chi connectivity index (χ1v) is 5.09. The van der Waals surface area contributed by atoms with Crippen molar-refractivity contribution in [3.8, 4) is 0 Å². The Kier molecular flexibility index (Phi) is 4.70. The zero-order valence-electron chi connectivity index (χ0n) is 8.90. The third-order valence-electron chi connectivity index (χ3n) is 2.10. The summed E-state index contributed by atoms with van der Waals surface area (Å²) in [5.41, 5.74) is 1.21. The molecule has 14 heavy (non-hydrogen) atoms. The van der Waals surface area contributed by atoms with Crippen molar-refractivity contribution in [3.05, 3.63) is 42.0 Å². The predicted octanol–water partition coefficient (Wildman–Crippen LogP) is 2.70. The molecule has 1 rings (SSSR count). The number of allylic oxidation sites excluding steroid dienone is 1. The lowest BCUT2D eigenvalue weighted by atomic mass is 10.2. The average molecular weight is 187 g/mol. The molecule has 73 valence electrons. The molecule has 0 unspecified atom stereocenters. The highest BCUT2D eigenvalue weighted by Gasteiger charge is 1.92. The summed E-state index contributed by atoms with van der Waals surface area (Å²) in [5, 5.41) is 0. The molecule has 0 bridgehead atoms. The summed E-state index contributed by atoms with van der Waals surface area (Å²) in [6.45, 7) is 6.28. The molecule has 1 aromatic carbocycles. The zero-order valence-corrected chi connectivity index (χ0v) is 8.90. The van der Waals surface area contributed by atoms with Crippen LogP contribution < -0.4 is 0 Å². The summed E-state index contributed by atoms with van der Waals surface area (Å²) in [6.07, 6.45) is 7.26. The van der Waals surface area contributed by atoms with Crippen LogP contribution in [0.2, 0.25) is 0 Å². The number of rotatable bonds is 4. The molecule has 0 heterocycles. The maximum absolute atomic E-state index is 3.22. The van der Waals surface area contributed by atoms with Gasteiger partial charge in [0.05, 0.1) is 0 Å². The van der Waals surface area contributed by atoms with Crippen LogP contribution >= 0.6 is 0 Å². The van der Waals surface area contributed by atoms with E-state index in [0.29, 0.717) is 0 Å². The molecule has 0 amide bonds. The van der Waals surface area contributed by atoms with E-state index in [1.54, 1.807) is 0 Å². The van der Waals surface area contributed by atoms with E-state index in [1.165, 1.54) is 5.56 Å². The monoisotopic (exact) mass is 187 g/mol. The summed E-state index contributed by atoms with van der Waals surface area (Å²) >= 11 is 0. The molecule has 1 radical (unpaired) electrons. The number of hydrogen-bond donors (Lipinski definition) is 0. The minimum atomic E-state index is 1.01. The third-order valence-corrected chi connectivity index (χ3v) is 2.10. The standard InChI is InChI=1S/C13H17N/c1-3-14(4-2)12-8-11-13-9-6-5-7-10-13/h5-11H,3-4H2,1-2H3/q+1/b11-8+. The Bertz CT molecular complexity index is 303. The molecule has 0 N–H and O–H groups in total. The predicted molar refractivity (Wildman–Crippen MR) is 61.8 cm³/mol. The van der Waals surface area contributed by atoms with Crippen LogP contribution in [0.25, 0.3) is 6.08 Å². The van der Waals surface area contributed by atoms with E-state index in [0.717, 1.165) is 13.1 Å². The second-order valence-corrected chi connectivity index (χ2v) is 3.05. The van der Waals surface area contributed by atoms with Crippen molar-refractivity contribution in [1.82, 2.24) is 0 Å². The van der Waals surface area contributed by atoms with E-state index in [4.69, 9.17) is 0 Å². The summed E-state index contributed by atoms with van der Waals surface area (Å²) in [6, 6.07) is 10.3. The van der Waals surface area contributed by atoms with E-state index < -0.39 is 0 Å². The first-order chi connectivity index (χ1) is 6.86. The molecule has 0 spiro atoms. The largest absolute Gasteiger partial charge is 0.271 e. The SMILES string of the molecule is CC[N+](=[C]/C=C/c1ccccc1)CC. The fourth-order valence-corrected chi connectivity index (χ4v) is 1.21. The van der Waals surface area contributed by atoms with Gasteiger partial charge in [0, 0.05) is 6.08 Å². The van der Waals surface area contributed by atoms with Gasteiger partial charge in [-0.15, -0.1) is 0 Å². The number of nitrogens with zero attached hydrogens (tertiary/aromatic N) is 1. The smallest absolute Gasteiger partial charge is 0.225 e. The minimum Gasteiger partial charge on any atom is -0.225 e. The van der Waals surface area contributed by atoms with Gasteiger partial charge in [-0.05, 0) is 25.5 Å². The van der Waals surface area contributed by atoms with Crippen molar-refractivity contribution in [3.63, 3.8) is 0 Å². The Hall–Kier alpha value is -1.37. The molecule has 1 aromatic rings. The average Bonchev–Trinajstić information content (AvgIpc) is 2.26. The maximum Gasteiger partial charge on any atom is 0.271 e. The van der Waals surface area contributed by atoms with Gasteiger partial charge in [0.15, 0.2) is 0 Å². The van der Waals surface area contributed by atoms with Crippen LogP contribution in [0.15, 0.2) is 36.4 Å². The molecule has 0 fully saturated rings. The normalized spacial score (nSPS) is 10.4. The van der Waals surface area contributed by atoms with Gasteiger partial charge >= 0.3 is 0 Å². The van der Waals surface area contributed by atoms with Crippen LogP contribution in [0.4, 0.5) is 0 Å².